The Balaban J connectivity index is 2.46. The average molecular weight is 160 g/mol. The Labute approximate surface area is 71.9 Å². The molecule has 12 heavy (non-hydrogen) atoms. The smallest absolute Gasteiger partial charge is 0.0992 e. The van der Waals surface area contributed by atoms with Crippen LogP contribution in [0, 0.1) is 0 Å². The Morgan fingerprint density at radius 1 is 1.42 bits per heavy atom. The minimum Gasteiger partial charge on any atom is -0.306 e. The topological polar surface area (TPSA) is 17.3 Å². The van der Waals surface area contributed by atoms with Crippen molar-refractivity contribution < 1.29 is 0 Å². The third-order valence-electron chi connectivity index (χ3n) is 2.01. The van der Waals surface area contributed by atoms with Gasteiger partial charge in [0.15, 0.2) is 0 Å². The minimum atomic E-state index is 1.15. The van der Waals surface area contributed by atoms with Crippen LogP contribution in [0.2, 0.25) is 0 Å². The molecule has 62 valence electrons. The first-order valence-corrected chi connectivity index (χ1v) is 4.31. The van der Waals surface area contributed by atoms with Gasteiger partial charge in [-0.1, -0.05) is 19.4 Å². The van der Waals surface area contributed by atoms with Gasteiger partial charge in [0.25, 0.3) is 0 Å². The van der Waals surface area contributed by atoms with Crippen LogP contribution in [0.25, 0.3) is 5.52 Å². The fraction of sp³-hybridized carbons (Fsp3) is 0.300. The van der Waals surface area contributed by atoms with Gasteiger partial charge in [0.05, 0.1) is 18.0 Å². The van der Waals surface area contributed by atoms with Crippen molar-refractivity contribution in [3.05, 3.63) is 36.4 Å². The summed E-state index contributed by atoms with van der Waals surface area (Å²) in [5.74, 6) is 0. The zero-order valence-corrected chi connectivity index (χ0v) is 7.20. The number of nitrogens with zero attached hydrogens (tertiary/aromatic N) is 2. The lowest BCUT2D eigenvalue weighted by molar-refractivity contribution is 0.908. The molecule has 0 amide bonds. The standard InChI is InChI=1S/C10H12N2/c1-2-3-9-4-5-10-6-11-8-12(10)7-9/h4-8H,2-3H2,1H3. The number of hydrogen-bond acceptors (Lipinski definition) is 1. The highest BCUT2D eigenvalue weighted by Crippen LogP contribution is 2.07. The Bertz CT molecular complexity index is 376. The molecule has 2 rings (SSSR count). The monoisotopic (exact) mass is 160 g/mol. The van der Waals surface area contributed by atoms with E-state index in [2.05, 4.69) is 34.6 Å². The van der Waals surface area contributed by atoms with Crippen molar-refractivity contribution in [2.24, 2.45) is 0 Å². The van der Waals surface area contributed by atoms with Crippen molar-refractivity contribution in [1.82, 2.24) is 9.38 Å². The first-order valence-electron chi connectivity index (χ1n) is 4.31. The third-order valence-corrected chi connectivity index (χ3v) is 2.01. The number of fused-ring (bicyclic) bond motifs is 1. The highest BCUT2D eigenvalue weighted by atomic mass is 15.0. The fourth-order valence-corrected chi connectivity index (χ4v) is 1.40. The van der Waals surface area contributed by atoms with Crippen LogP contribution >= 0.6 is 0 Å². The molecule has 0 aliphatic heterocycles. The molecule has 0 fully saturated rings. The van der Waals surface area contributed by atoms with Crippen LogP contribution in [-0.2, 0) is 6.42 Å². The highest BCUT2D eigenvalue weighted by molar-refractivity contribution is 5.45. The minimum absolute atomic E-state index is 1.15. The van der Waals surface area contributed by atoms with Gasteiger partial charge in [0.2, 0.25) is 0 Å². The maximum Gasteiger partial charge on any atom is 0.0992 e. The number of aromatic nitrogens is 2. The van der Waals surface area contributed by atoms with E-state index in [-0.39, 0.29) is 0 Å². The molecule has 2 heteroatoms. The van der Waals surface area contributed by atoms with E-state index in [1.54, 1.807) is 0 Å². The first kappa shape index (κ1) is 7.35. The second kappa shape index (κ2) is 2.97. The molecule has 0 unspecified atom stereocenters. The lowest BCUT2D eigenvalue weighted by Crippen LogP contribution is -1.87. The molecule has 2 aromatic heterocycles. The van der Waals surface area contributed by atoms with E-state index in [1.807, 2.05) is 12.5 Å². The van der Waals surface area contributed by atoms with Gasteiger partial charge in [0, 0.05) is 6.20 Å². The summed E-state index contributed by atoms with van der Waals surface area (Å²) >= 11 is 0. The average Bonchev–Trinajstić information content (AvgIpc) is 2.51. The highest BCUT2D eigenvalue weighted by Gasteiger charge is 1.94. The molecule has 2 aromatic rings. The number of rotatable bonds is 2. The van der Waals surface area contributed by atoms with Gasteiger partial charge in [-0.2, -0.15) is 0 Å². The molecule has 0 aromatic carbocycles. The number of aryl methyl sites for hydroxylation is 1. The van der Waals surface area contributed by atoms with E-state index < -0.39 is 0 Å². The van der Waals surface area contributed by atoms with E-state index in [4.69, 9.17) is 0 Å². The van der Waals surface area contributed by atoms with E-state index in [0.29, 0.717) is 0 Å². The summed E-state index contributed by atoms with van der Waals surface area (Å²) in [7, 11) is 0. The molecule has 0 bridgehead atoms. The molecular formula is C10H12N2. The molecule has 0 saturated heterocycles. The number of imidazole rings is 1. The molecular weight excluding hydrogens is 148 g/mol. The van der Waals surface area contributed by atoms with Crippen LogP contribution in [0.5, 0.6) is 0 Å². The Hall–Kier alpha value is -1.31. The van der Waals surface area contributed by atoms with Gasteiger partial charge in [-0.25, -0.2) is 4.98 Å². The molecule has 2 nitrogen and oxygen atoms in total. The van der Waals surface area contributed by atoms with Crippen molar-refractivity contribution in [2.75, 3.05) is 0 Å². The summed E-state index contributed by atoms with van der Waals surface area (Å²) < 4.78 is 2.06. The van der Waals surface area contributed by atoms with Crippen LogP contribution in [-0.4, -0.2) is 9.38 Å². The quantitative estimate of drug-likeness (QED) is 0.658. The molecule has 0 radical (unpaired) electrons. The second-order valence-corrected chi connectivity index (χ2v) is 3.01. The molecule has 0 spiro atoms. The van der Waals surface area contributed by atoms with Gasteiger partial charge in [-0.3, -0.25) is 0 Å². The van der Waals surface area contributed by atoms with Gasteiger partial charge in [-0.15, -0.1) is 0 Å². The number of pyridine rings is 1. The summed E-state index contributed by atoms with van der Waals surface area (Å²) in [6, 6.07) is 4.28. The molecule has 0 aliphatic rings. The van der Waals surface area contributed by atoms with Crippen LogP contribution in [0.15, 0.2) is 30.9 Å². The maximum atomic E-state index is 4.07. The lowest BCUT2D eigenvalue weighted by Gasteiger charge is -1.99. The predicted molar refractivity (Wildman–Crippen MR) is 49.2 cm³/mol. The van der Waals surface area contributed by atoms with Crippen molar-refractivity contribution in [1.29, 1.82) is 0 Å². The van der Waals surface area contributed by atoms with Crippen molar-refractivity contribution >= 4 is 5.52 Å². The summed E-state index contributed by atoms with van der Waals surface area (Å²) in [4.78, 5) is 4.07. The largest absolute Gasteiger partial charge is 0.306 e. The molecule has 0 N–H and O–H groups in total. The summed E-state index contributed by atoms with van der Waals surface area (Å²) in [6.45, 7) is 2.19. The Kier molecular flexibility index (Phi) is 1.82. The van der Waals surface area contributed by atoms with E-state index in [9.17, 15) is 0 Å². The van der Waals surface area contributed by atoms with Gasteiger partial charge in [-0.05, 0) is 18.1 Å². The van der Waals surface area contributed by atoms with Crippen LogP contribution < -0.4 is 0 Å². The van der Waals surface area contributed by atoms with Crippen molar-refractivity contribution in [3.63, 3.8) is 0 Å². The summed E-state index contributed by atoms with van der Waals surface area (Å²) in [5.41, 5.74) is 2.54. The maximum absolute atomic E-state index is 4.07. The van der Waals surface area contributed by atoms with E-state index in [0.717, 1.165) is 11.9 Å². The van der Waals surface area contributed by atoms with Crippen LogP contribution in [0.3, 0.4) is 0 Å². The van der Waals surface area contributed by atoms with E-state index >= 15 is 0 Å². The van der Waals surface area contributed by atoms with Gasteiger partial charge < -0.3 is 4.40 Å². The molecule has 0 aliphatic carbocycles. The molecule has 0 saturated carbocycles. The van der Waals surface area contributed by atoms with Crippen LogP contribution in [0.4, 0.5) is 0 Å². The zero-order chi connectivity index (χ0) is 8.39. The Morgan fingerprint density at radius 2 is 2.33 bits per heavy atom. The van der Waals surface area contributed by atoms with Crippen molar-refractivity contribution in [2.45, 2.75) is 19.8 Å². The molecule has 2 heterocycles. The first-order chi connectivity index (χ1) is 5.90. The van der Waals surface area contributed by atoms with E-state index in [1.165, 1.54) is 12.0 Å². The van der Waals surface area contributed by atoms with Gasteiger partial charge >= 0.3 is 0 Å². The lowest BCUT2D eigenvalue weighted by atomic mass is 10.2. The summed E-state index contributed by atoms with van der Waals surface area (Å²) in [5, 5.41) is 0. The SMILES string of the molecule is CCCc1ccc2cncn2c1. The predicted octanol–water partition coefficient (Wildman–Crippen LogP) is 2.29. The van der Waals surface area contributed by atoms with Gasteiger partial charge in [0.1, 0.15) is 0 Å². The number of hydrogen-bond donors (Lipinski definition) is 0. The van der Waals surface area contributed by atoms with Crippen molar-refractivity contribution in [3.8, 4) is 0 Å². The molecule has 0 atom stereocenters. The zero-order valence-electron chi connectivity index (χ0n) is 7.20. The summed E-state index contributed by atoms with van der Waals surface area (Å²) in [6.07, 6.45) is 8.20. The second-order valence-electron chi connectivity index (χ2n) is 3.01. The third kappa shape index (κ3) is 1.20. The normalized spacial score (nSPS) is 10.8. The Morgan fingerprint density at radius 3 is 3.17 bits per heavy atom. The van der Waals surface area contributed by atoms with Crippen LogP contribution in [0.1, 0.15) is 18.9 Å². The fourth-order valence-electron chi connectivity index (χ4n) is 1.40.